The second-order valence-electron chi connectivity index (χ2n) is 4.36. The van der Waals surface area contributed by atoms with Crippen LogP contribution in [0.5, 0.6) is 0 Å². The van der Waals surface area contributed by atoms with Crippen LogP contribution in [0.25, 0.3) is 0 Å². The molecule has 1 amide bonds. The van der Waals surface area contributed by atoms with Crippen molar-refractivity contribution in [3.63, 3.8) is 0 Å². The van der Waals surface area contributed by atoms with E-state index in [0.717, 1.165) is 0 Å². The van der Waals surface area contributed by atoms with Gasteiger partial charge in [-0.15, -0.1) is 0 Å². The van der Waals surface area contributed by atoms with Gasteiger partial charge in [0, 0.05) is 23.3 Å². The zero-order valence-electron chi connectivity index (χ0n) is 11.3. The van der Waals surface area contributed by atoms with Gasteiger partial charge in [-0.3, -0.25) is 20.2 Å². The number of nitriles is 1. The number of hydrogen-bond donors (Lipinski definition) is 1. The highest BCUT2D eigenvalue weighted by molar-refractivity contribution is 6.04. The number of carbonyl (C=O) groups excluding carboxylic acids is 1. The normalized spacial score (nSPS) is 9.95. The lowest BCUT2D eigenvalue weighted by atomic mass is 10.1. The largest absolute Gasteiger partial charge is 0.444 e. The van der Waals surface area contributed by atoms with Crippen LogP contribution in [0.15, 0.2) is 28.7 Å². The first kappa shape index (κ1) is 14.3. The number of aryl methyl sites for hydroxylation is 1. The molecule has 2 rings (SSSR count). The van der Waals surface area contributed by atoms with Crippen molar-refractivity contribution >= 4 is 17.5 Å². The first-order valence-corrected chi connectivity index (χ1v) is 6.00. The van der Waals surface area contributed by atoms with Gasteiger partial charge in [-0.05, 0) is 26.0 Å². The van der Waals surface area contributed by atoms with Crippen LogP contribution in [0.4, 0.5) is 11.6 Å². The fourth-order valence-corrected chi connectivity index (χ4v) is 1.76. The number of benzene rings is 1. The Kier molecular flexibility index (Phi) is 3.71. The fraction of sp³-hybridized carbons (Fsp3) is 0.143. The van der Waals surface area contributed by atoms with Gasteiger partial charge >= 0.3 is 0 Å². The van der Waals surface area contributed by atoms with E-state index in [1.165, 1.54) is 24.3 Å². The summed E-state index contributed by atoms with van der Waals surface area (Å²) in [6, 6.07) is 7.11. The third-order valence-corrected chi connectivity index (χ3v) is 3.06. The Morgan fingerprint density at radius 1 is 1.33 bits per heavy atom. The molecule has 0 radical (unpaired) electrons. The molecule has 7 heteroatoms. The first-order chi connectivity index (χ1) is 9.93. The van der Waals surface area contributed by atoms with Gasteiger partial charge in [0.2, 0.25) is 5.88 Å². The van der Waals surface area contributed by atoms with E-state index in [2.05, 4.69) is 5.32 Å². The Balaban J connectivity index is 2.24. The molecule has 0 saturated carbocycles. The van der Waals surface area contributed by atoms with Crippen molar-refractivity contribution in [2.24, 2.45) is 0 Å². The zero-order chi connectivity index (χ0) is 15.6. The van der Waals surface area contributed by atoms with E-state index >= 15 is 0 Å². The first-order valence-electron chi connectivity index (χ1n) is 6.00. The number of amides is 1. The molecule has 0 bridgehead atoms. The molecule has 21 heavy (non-hydrogen) atoms. The quantitative estimate of drug-likeness (QED) is 0.688. The molecule has 1 aromatic carbocycles. The number of carbonyl (C=O) groups is 1. The molecule has 1 N–H and O–H groups in total. The highest BCUT2D eigenvalue weighted by atomic mass is 16.6. The third kappa shape index (κ3) is 2.74. The molecule has 0 atom stereocenters. The average molecular weight is 285 g/mol. The van der Waals surface area contributed by atoms with Gasteiger partial charge in [-0.2, -0.15) is 5.26 Å². The summed E-state index contributed by atoms with van der Waals surface area (Å²) in [6.45, 7) is 3.41. The summed E-state index contributed by atoms with van der Waals surface area (Å²) < 4.78 is 5.33. The zero-order valence-corrected chi connectivity index (χ0v) is 11.3. The predicted octanol–water partition coefficient (Wildman–Crippen LogP) is 2.93. The summed E-state index contributed by atoms with van der Waals surface area (Å²) in [4.78, 5) is 22.0. The molecule has 0 saturated heterocycles. The summed E-state index contributed by atoms with van der Waals surface area (Å²) in [5, 5.41) is 22.1. The number of nitro benzene ring substituents is 1. The maximum atomic E-state index is 12.0. The summed E-state index contributed by atoms with van der Waals surface area (Å²) in [5.74, 6) is 0.122. The number of anilines is 1. The van der Waals surface area contributed by atoms with Gasteiger partial charge in [-0.25, -0.2) is 0 Å². The number of furan rings is 1. The van der Waals surface area contributed by atoms with E-state index in [4.69, 9.17) is 9.68 Å². The van der Waals surface area contributed by atoms with Crippen molar-refractivity contribution in [3.05, 3.63) is 56.8 Å². The molecule has 0 aliphatic heterocycles. The van der Waals surface area contributed by atoms with E-state index in [1.54, 1.807) is 13.8 Å². The Hall–Kier alpha value is -3.14. The lowest BCUT2D eigenvalue weighted by Gasteiger charge is -2.02. The Morgan fingerprint density at radius 3 is 2.48 bits per heavy atom. The molecular weight excluding hydrogens is 274 g/mol. The number of nitrogens with zero attached hydrogens (tertiary/aromatic N) is 2. The summed E-state index contributed by atoms with van der Waals surface area (Å²) in [5.41, 5.74) is 1.06. The van der Waals surface area contributed by atoms with Crippen LogP contribution in [0.1, 0.15) is 27.2 Å². The molecule has 106 valence electrons. The Bertz CT molecular complexity index is 754. The van der Waals surface area contributed by atoms with Gasteiger partial charge < -0.3 is 4.42 Å². The number of nitro groups is 1. The minimum absolute atomic E-state index is 0.0795. The van der Waals surface area contributed by atoms with Gasteiger partial charge in [0.15, 0.2) is 0 Å². The van der Waals surface area contributed by atoms with Crippen LogP contribution in [-0.2, 0) is 0 Å². The molecule has 0 unspecified atom stereocenters. The second-order valence-corrected chi connectivity index (χ2v) is 4.36. The lowest BCUT2D eigenvalue weighted by molar-refractivity contribution is -0.384. The van der Waals surface area contributed by atoms with E-state index in [1.807, 2.05) is 6.07 Å². The van der Waals surface area contributed by atoms with Crippen LogP contribution in [0.3, 0.4) is 0 Å². The SMILES string of the molecule is Cc1oc(NC(=O)c2ccc([N+](=O)[O-])cc2)c(C#N)c1C. The maximum Gasteiger partial charge on any atom is 0.269 e. The van der Waals surface area contributed by atoms with Gasteiger partial charge in [0.25, 0.3) is 11.6 Å². The van der Waals surface area contributed by atoms with Crippen molar-refractivity contribution in [1.82, 2.24) is 0 Å². The van der Waals surface area contributed by atoms with Crippen molar-refractivity contribution in [1.29, 1.82) is 5.26 Å². The number of hydrogen-bond acceptors (Lipinski definition) is 5. The van der Waals surface area contributed by atoms with Crippen molar-refractivity contribution in [2.75, 3.05) is 5.32 Å². The smallest absolute Gasteiger partial charge is 0.269 e. The summed E-state index contributed by atoms with van der Waals surface area (Å²) in [6.07, 6.45) is 0. The number of nitrogens with one attached hydrogen (secondary N) is 1. The molecule has 0 aliphatic rings. The number of non-ortho nitro benzene ring substituents is 1. The van der Waals surface area contributed by atoms with Gasteiger partial charge in [-0.1, -0.05) is 0 Å². The lowest BCUT2D eigenvalue weighted by Crippen LogP contribution is -2.12. The standard InChI is InChI=1S/C14H11N3O4/c1-8-9(2)21-14(12(8)7-15)16-13(18)10-3-5-11(6-4-10)17(19)20/h3-6H,1-2H3,(H,16,18). The summed E-state index contributed by atoms with van der Waals surface area (Å²) >= 11 is 0. The third-order valence-electron chi connectivity index (χ3n) is 3.06. The van der Waals surface area contributed by atoms with E-state index < -0.39 is 10.8 Å². The van der Waals surface area contributed by atoms with Crippen molar-refractivity contribution in [3.8, 4) is 6.07 Å². The highest BCUT2D eigenvalue weighted by Crippen LogP contribution is 2.25. The predicted molar refractivity (Wildman–Crippen MR) is 73.9 cm³/mol. The number of rotatable bonds is 3. The molecular formula is C14H11N3O4. The molecule has 7 nitrogen and oxygen atoms in total. The molecule has 1 heterocycles. The van der Waals surface area contributed by atoms with Crippen LogP contribution in [-0.4, -0.2) is 10.8 Å². The average Bonchev–Trinajstić information content (AvgIpc) is 2.73. The van der Waals surface area contributed by atoms with Crippen molar-refractivity contribution in [2.45, 2.75) is 13.8 Å². The minimum Gasteiger partial charge on any atom is -0.444 e. The maximum absolute atomic E-state index is 12.0. The van der Waals surface area contributed by atoms with Crippen LogP contribution in [0, 0.1) is 35.3 Å². The van der Waals surface area contributed by atoms with E-state index in [0.29, 0.717) is 11.3 Å². The summed E-state index contributed by atoms with van der Waals surface area (Å²) in [7, 11) is 0. The van der Waals surface area contributed by atoms with Crippen LogP contribution in [0.2, 0.25) is 0 Å². The van der Waals surface area contributed by atoms with Crippen LogP contribution >= 0.6 is 0 Å². The van der Waals surface area contributed by atoms with Crippen molar-refractivity contribution < 1.29 is 14.1 Å². The van der Waals surface area contributed by atoms with Gasteiger partial charge in [0.1, 0.15) is 17.4 Å². The monoisotopic (exact) mass is 285 g/mol. The molecule has 0 spiro atoms. The molecule has 0 fully saturated rings. The minimum atomic E-state index is -0.547. The second kappa shape index (κ2) is 5.46. The Labute approximate surface area is 119 Å². The van der Waals surface area contributed by atoms with Crippen LogP contribution < -0.4 is 5.32 Å². The highest BCUT2D eigenvalue weighted by Gasteiger charge is 2.17. The molecule has 0 aliphatic carbocycles. The topological polar surface area (TPSA) is 109 Å². The Morgan fingerprint density at radius 2 is 1.95 bits per heavy atom. The van der Waals surface area contributed by atoms with Gasteiger partial charge in [0.05, 0.1) is 4.92 Å². The molecule has 2 aromatic rings. The van der Waals surface area contributed by atoms with E-state index in [-0.39, 0.29) is 22.7 Å². The fourth-order valence-electron chi connectivity index (χ4n) is 1.76. The van der Waals surface area contributed by atoms with E-state index in [9.17, 15) is 14.9 Å². The molecule has 1 aromatic heterocycles.